The van der Waals surface area contributed by atoms with Crippen molar-refractivity contribution in [2.24, 2.45) is 5.41 Å². The van der Waals surface area contributed by atoms with Crippen molar-refractivity contribution in [3.05, 3.63) is 42.2 Å². The maximum Gasteiger partial charge on any atom is 0.208 e. The minimum atomic E-state index is -3.11. The molecule has 0 radical (unpaired) electrons. The SMILES string of the molecule is COc1ccccc1-n1cc(CN2CCC3(CC2)CC3NS(C)(=O)=O)cn1. The number of sulfonamides is 1. The van der Waals surface area contributed by atoms with E-state index in [1.807, 2.05) is 41.3 Å². The summed E-state index contributed by atoms with van der Waals surface area (Å²) in [6.07, 6.45) is 8.25. The quantitative estimate of drug-likeness (QED) is 0.814. The Morgan fingerprint density at radius 2 is 2.04 bits per heavy atom. The molecular formula is C19H26N4O3S. The number of aromatic nitrogens is 2. The van der Waals surface area contributed by atoms with E-state index < -0.39 is 10.0 Å². The van der Waals surface area contributed by atoms with Gasteiger partial charge in [-0.15, -0.1) is 0 Å². The highest BCUT2D eigenvalue weighted by Crippen LogP contribution is 2.54. The lowest BCUT2D eigenvalue weighted by Gasteiger charge is -2.32. The Kier molecular flexibility index (Phi) is 4.73. The molecule has 0 bridgehead atoms. The first kappa shape index (κ1) is 18.5. The van der Waals surface area contributed by atoms with Crippen molar-refractivity contribution in [2.75, 3.05) is 26.5 Å². The standard InChI is InChI=1S/C19H26N4O3S/c1-26-17-6-4-3-5-16(17)23-14-15(12-20-23)13-22-9-7-19(8-10-22)11-18(19)21-27(2,24)25/h3-6,12,14,18,21H,7-11,13H2,1-2H3. The summed E-state index contributed by atoms with van der Waals surface area (Å²) in [7, 11) is -1.45. The predicted octanol–water partition coefficient (Wildman–Crippen LogP) is 1.78. The lowest BCUT2D eigenvalue weighted by molar-refractivity contribution is 0.161. The Hall–Kier alpha value is -1.90. The number of likely N-dealkylation sites (tertiary alicyclic amines) is 1. The Morgan fingerprint density at radius 1 is 1.30 bits per heavy atom. The van der Waals surface area contributed by atoms with Crippen LogP contribution in [0, 0.1) is 5.41 Å². The molecule has 4 rings (SSSR count). The second-order valence-electron chi connectivity index (χ2n) is 7.75. The topological polar surface area (TPSA) is 76.5 Å². The van der Waals surface area contributed by atoms with Crippen LogP contribution in [0.1, 0.15) is 24.8 Å². The zero-order chi connectivity index (χ0) is 19.1. The average molecular weight is 391 g/mol. The molecule has 1 aromatic carbocycles. The summed E-state index contributed by atoms with van der Waals surface area (Å²) in [6.45, 7) is 2.83. The molecule has 2 aliphatic rings. The van der Waals surface area contributed by atoms with E-state index in [2.05, 4.69) is 14.7 Å². The Bertz CT molecular complexity index is 917. The number of piperidine rings is 1. The fourth-order valence-electron chi connectivity index (χ4n) is 4.13. The smallest absolute Gasteiger partial charge is 0.208 e. The third-order valence-corrected chi connectivity index (χ3v) is 6.48. The van der Waals surface area contributed by atoms with Gasteiger partial charge in [0.1, 0.15) is 11.4 Å². The molecule has 8 heteroatoms. The van der Waals surface area contributed by atoms with Gasteiger partial charge < -0.3 is 4.74 Å². The molecule has 2 heterocycles. The molecule has 2 fully saturated rings. The summed E-state index contributed by atoms with van der Waals surface area (Å²) in [4.78, 5) is 2.42. The maximum atomic E-state index is 11.4. The summed E-state index contributed by atoms with van der Waals surface area (Å²) >= 11 is 0. The number of methoxy groups -OCH3 is 1. The highest BCUT2D eigenvalue weighted by atomic mass is 32.2. The van der Waals surface area contributed by atoms with Gasteiger partial charge in [0, 0.05) is 24.3 Å². The lowest BCUT2D eigenvalue weighted by Crippen LogP contribution is -2.38. The van der Waals surface area contributed by atoms with Gasteiger partial charge in [-0.2, -0.15) is 5.10 Å². The van der Waals surface area contributed by atoms with Crippen LogP contribution in [0.4, 0.5) is 0 Å². The fourth-order valence-corrected chi connectivity index (χ4v) is 4.98. The summed E-state index contributed by atoms with van der Waals surface area (Å²) in [5, 5.41) is 4.49. The number of nitrogens with zero attached hydrogens (tertiary/aromatic N) is 3. The van der Waals surface area contributed by atoms with Crippen LogP contribution in [0.15, 0.2) is 36.7 Å². The first-order chi connectivity index (χ1) is 12.9. The number of para-hydroxylation sites is 2. The summed E-state index contributed by atoms with van der Waals surface area (Å²) in [5.41, 5.74) is 2.27. The molecule has 1 saturated carbocycles. The number of ether oxygens (including phenoxy) is 1. The molecule has 0 amide bonds. The Balaban J connectivity index is 1.35. The minimum Gasteiger partial charge on any atom is -0.494 e. The van der Waals surface area contributed by atoms with E-state index in [9.17, 15) is 8.42 Å². The lowest BCUT2D eigenvalue weighted by atomic mass is 9.92. The molecule has 1 aromatic heterocycles. The zero-order valence-corrected chi connectivity index (χ0v) is 16.6. The first-order valence-electron chi connectivity index (χ1n) is 9.25. The van der Waals surface area contributed by atoms with Crippen LogP contribution in [0.25, 0.3) is 5.69 Å². The van der Waals surface area contributed by atoms with Gasteiger partial charge in [0.15, 0.2) is 0 Å². The van der Waals surface area contributed by atoms with Crippen molar-refractivity contribution >= 4 is 10.0 Å². The van der Waals surface area contributed by atoms with Crippen molar-refractivity contribution in [1.29, 1.82) is 0 Å². The largest absolute Gasteiger partial charge is 0.494 e. The van der Waals surface area contributed by atoms with Crippen LogP contribution in [0.5, 0.6) is 5.75 Å². The van der Waals surface area contributed by atoms with E-state index in [1.165, 1.54) is 11.8 Å². The van der Waals surface area contributed by atoms with Gasteiger partial charge in [-0.25, -0.2) is 17.8 Å². The molecule has 27 heavy (non-hydrogen) atoms. The van der Waals surface area contributed by atoms with Gasteiger partial charge in [-0.1, -0.05) is 12.1 Å². The molecule has 1 N–H and O–H groups in total. The molecule has 1 atom stereocenters. The van der Waals surface area contributed by atoms with E-state index in [0.29, 0.717) is 0 Å². The number of nitrogens with one attached hydrogen (secondary N) is 1. The third kappa shape index (κ3) is 4.02. The summed E-state index contributed by atoms with van der Waals surface area (Å²) in [5.74, 6) is 0.796. The van der Waals surface area contributed by atoms with Crippen LogP contribution in [0.3, 0.4) is 0 Å². The van der Waals surface area contributed by atoms with Crippen molar-refractivity contribution in [2.45, 2.75) is 31.8 Å². The molecule has 1 aliphatic carbocycles. The molecule has 1 aliphatic heterocycles. The number of benzene rings is 1. The summed E-state index contributed by atoms with van der Waals surface area (Å²) in [6, 6.07) is 7.96. The second kappa shape index (κ2) is 6.92. The van der Waals surface area contributed by atoms with Crippen molar-refractivity contribution < 1.29 is 13.2 Å². The summed E-state index contributed by atoms with van der Waals surface area (Å²) < 4.78 is 32.9. The number of rotatable bonds is 6. The predicted molar refractivity (Wildman–Crippen MR) is 103 cm³/mol. The van der Waals surface area contributed by atoms with E-state index in [0.717, 1.165) is 50.3 Å². The number of hydrogen-bond acceptors (Lipinski definition) is 5. The molecule has 1 spiro atoms. The zero-order valence-electron chi connectivity index (χ0n) is 15.8. The van der Waals surface area contributed by atoms with Crippen LogP contribution >= 0.6 is 0 Å². The highest BCUT2D eigenvalue weighted by molar-refractivity contribution is 7.88. The monoisotopic (exact) mass is 390 g/mol. The van der Waals surface area contributed by atoms with Gasteiger partial charge in [-0.3, -0.25) is 4.90 Å². The van der Waals surface area contributed by atoms with Gasteiger partial charge in [0.2, 0.25) is 10.0 Å². The van der Waals surface area contributed by atoms with E-state index in [4.69, 9.17) is 4.74 Å². The average Bonchev–Trinajstić information content (AvgIpc) is 3.06. The normalized spacial score (nSPS) is 22.1. The Labute approximate surface area is 160 Å². The molecule has 1 saturated heterocycles. The van der Waals surface area contributed by atoms with Gasteiger partial charge >= 0.3 is 0 Å². The van der Waals surface area contributed by atoms with E-state index >= 15 is 0 Å². The third-order valence-electron chi connectivity index (χ3n) is 5.77. The fraction of sp³-hybridized carbons (Fsp3) is 0.526. The van der Waals surface area contributed by atoms with Gasteiger partial charge in [-0.05, 0) is 49.9 Å². The van der Waals surface area contributed by atoms with Crippen LogP contribution < -0.4 is 9.46 Å². The van der Waals surface area contributed by atoms with Crippen molar-refractivity contribution in [3.8, 4) is 11.4 Å². The Morgan fingerprint density at radius 3 is 2.74 bits per heavy atom. The van der Waals surface area contributed by atoms with Crippen LogP contribution in [0.2, 0.25) is 0 Å². The van der Waals surface area contributed by atoms with Crippen LogP contribution in [-0.4, -0.2) is 55.6 Å². The van der Waals surface area contributed by atoms with Crippen molar-refractivity contribution in [1.82, 2.24) is 19.4 Å². The highest BCUT2D eigenvalue weighted by Gasteiger charge is 2.55. The maximum absolute atomic E-state index is 11.4. The van der Waals surface area contributed by atoms with Crippen molar-refractivity contribution in [3.63, 3.8) is 0 Å². The van der Waals surface area contributed by atoms with Gasteiger partial charge in [0.25, 0.3) is 0 Å². The molecule has 7 nitrogen and oxygen atoms in total. The minimum absolute atomic E-state index is 0.128. The second-order valence-corrected chi connectivity index (χ2v) is 9.53. The first-order valence-corrected chi connectivity index (χ1v) is 11.1. The molecule has 1 unspecified atom stereocenters. The number of hydrogen-bond donors (Lipinski definition) is 1. The molecule has 2 aromatic rings. The van der Waals surface area contributed by atoms with E-state index in [-0.39, 0.29) is 11.5 Å². The molecular weight excluding hydrogens is 364 g/mol. The molecule has 146 valence electrons. The van der Waals surface area contributed by atoms with Gasteiger partial charge in [0.05, 0.1) is 19.6 Å². The van der Waals surface area contributed by atoms with E-state index in [1.54, 1.807) is 7.11 Å². The van der Waals surface area contributed by atoms with Crippen LogP contribution in [-0.2, 0) is 16.6 Å².